The van der Waals surface area contributed by atoms with Crippen LogP contribution in [0.15, 0.2) is 19.0 Å². The van der Waals surface area contributed by atoms with Gasteiger partial charge in [-0.3, -0.25) is 5.43 Å². The number of anilines is 2. The third-order valence-corrected chi connectivity index (χ3v) is 2.59. The number of rotatable bonds is 5. The molecule has 3 rings (SSSR count). The molecular weight excluding hydrogens is 276 g/mol. The van der Waals surface area contributed by atoms with Crippen LogP contribution in [0.1, 0.15) is 5.82 Å². The Morgan fingerprint density at radius 2 is 2.05 bits per heavy atom. The second-order valence-corrected chi connectivity index (χ2v) is 3.98. The van der Waals surface area contributed by atoms with E-state index in [1.807, 2.05) is 7.05 Å². The van der Waals surface area contributed by atoms with E-state index in [0.29, 0.717) is 12.5 Å². The summed E-state index contributed by atoms with van der Waals surface area (Å²) in [4.78, 5) is 16.3. The first kappa shape index (κ1) is 12.9. The molecule has 0 fully saturated rings. The van der Waals surface area contributed by atoms with Crippen molar-refractivity contribution >= 4 is 11.9 Å². The molecular formula is C9H12N12. The Morgan fingerprint density at radius 3 is 2.71 bits per heavy atom. The van der Waals surface area contributed by atoms with E-state index in [4.69, 9.17) is 5.84 Å². The summed E-state index contributed by atoms with van der Waals surface area (Å²) in [6.45, 7) is 0.404. The average Bonchev–Trinajstić information content (AvgIpc) is 3.16. The minimum atomic E-state index is 0.205. The van der Waals surface area contributed by atoms with Crippen molar-refractivity contribution in [1.29, 1.82) is 0 Å². The molecule has 0 bridgehead atoms. The molecule has 12 heteroatoms. The Balaban J connectivity index is 1.84. The van der Waals surface area contributed by atoms with E-state index < -0.39 is 0 Å². The van der Waals surface area contributed by atoms with E-state index in [2.05, 4.69) is 46.0 Å². The van der Waals surface area contributed by atoms with E-state index >= 15 is 0 Å². The lowest BCUT2D eigenvalue weighted by atomic mass is 10.6. The fourth-order valence-corrected chi connectivity index (χ4v) is 1.55. The summed E-state index contributed by atoms with van der Waals surface area (Å²) in [7, 11) is 1.85. The number of nitrogens with one attached hydrogen (secondary N) is 2. The summed E-state index contributed by atoms with van der Waals surface area (Å²) in [6.07, 6.45) is 4.46. The normalized spacial score (nSPS) is 10.6. The topological polar surface area (TPSA) is 150 Å². The lowest BCUT2D eigenvalue weighted by molar-refractivity contribution is 0.782. The predicted molar refractivity (Wildman–Crippen MR) is 70.9 cm³/mol. The fraction of sp³-hybridized carbons (Fsp3) is 0.222. The quantitative estimate of drug-likeness (QED) is 0.373. The Hall–Kier alpha value is -3.15. The van der Waals surface area contributed by atoms with Crippen molar-refractivity contribution in [3.8, 4) is 5.95 Å². The molecule has 3 aromatic heterocycles. The van der Waals surface area contributed by atoms with E-state index in [9.17, 15) is 0 Å². The van der Waals surface area contributed by atoms with E-state index in [-0.39, 0.29) is 11.9 Å². The zero-order chi connectivity index (χ0) is 14.7. The number of hydrogen-bond donors (Lipinski definition) is 3. The molecule has 0 aliphatic carbocycles. The van der Waals surface area contributed by atoms with Crippen LogP contribution in [0.5, 0.6) is 0 Å². The van der Waals surface area contributed by atoms with Gasteiger partial charge in [0.15, 0.2) is 5.82 Å². The lowest BCUT2D eigenvalue weighted by Crippen LogP contribution is -2.16. The highest BCUT2D eigenvalue weighted by Gasteiger charge is 2.09. The van der Waals surface area contributed by atoms with Crippen LogP contribution in [0, 0.1) is 0 Å². The van der Waals surface area contributed by atoms with Crippen molar-refractivity contribution < 1.29 is 0 Å². The number of aromatic nitrogens is 9. The highest BCUT2D eigenvalue weighted by molar-refractivity contribution is 5.36. The highest BCUT2D eigenvalue weighted by Crippen LogP contribution is 2.08. The summed E-state index contributed by atoms with van der Waals surface area (Å²) < 4.78 is 3.19. The molecule has 0 spiro atoms. The number of aryl methyl sites for hydroxylation is 1. The maximum absolute atomic E-state index is 5.35. The summed E-state index contributed by atoms with van der Waals surface area (Å²) >= 11 is 0. The number of hydrazine groups is 1. The minimum Gasteiger partial charge on any atom is -0.347 e. The zero-order valence-electron chi connectivity index (χ0n) is 11.0. The van der Waals surface area contributed by atoms with Gasteiger partial charge in [-0.1, -0.05) is 0 Å². The second-order valence-electron chi connectivity index (χ2n) is 3.98. The molecule has 12 nitrogen and oxygen atoms in total. The molecule has 4 N–H and O–H groups in total. The number of nitrogens with zero attached hydrogens (tertiary/aromatic N) is 9. The van der Waals surface area contributed by atoms with Crippen LogP contribution in [0.4, 0.5) is 11.9 Å². The van der Waals surface area contributed by atoms with Crippen LogP contribution < -0.4 is 16.6 Å². The van der Waals surface area contributed by atoms with Gasteiger partial charge in [0.1, 0.15) is 19.0 Å². The van der Waals surface area contributed by atoms with Gasteiger partial charge in [-0.15, -0.1) is 10.2 Å². The molecule has 3 heterocycles. The number of hydrogen-bond acceptors (Lipinski definition) is 10. The van der Waals surface area contributed by atoms with Crippen molar-refractivity contribution in [3.63, 3.8) is 0 Å². The maximum atomic E-state index is 5.35. The number of nitrogen functional groups attached to an aromatic ring is 1. The van der Waals surface area contributed by atoms with Crippen LogP contribution in [0.3, 0.4) is 0 Å². The SMILES string of the molecule is Cn1cnnc1CNc1nc(NN)nc(-n2cncn2)n1. The van der Waals surface area contributed by atoms with Crippen molar-refractivity contribution in [2.75, 3.05) is 10.7 Å². The van der Waals surface area contributed by atoms with Crippen molar-refractivity contribution in [2.24, 2.45) is 12.9 Å². The average molecular weight is 288 g/mol. The predicted octanol–water partition coefficient (Wildman–Crippen LogP) is -1.52. The van der Waals surface area contributed by atoms with Crippen molar-refractivity contribution in [1.82, 2.24) is 44.5 Å². The van der Waals surface area contributed by atoms with E-state index in [1.54, 1.807) is 10.9 Å². The summed E-state index contributed by atoms with van der Waals surface area (Å²) in [6, 6.07) is 0. The largest absolute Gasteiger partial charge is 0.347 e. The highest BCUT2D eigenvalue weighted by atomic mass is 15.4. The lowest BCUT2D eigenvalue weighted by Gasteiger charge is -2.07. The van der Waals surface area contributed by atoms with Crippen molar-refractivity contribution in [3.05, 3.63) is 24.8 Å². The summed E-state index contributed by atoms with van der Waals surface area (Å²) in [5, 5.41) is 14.7. The van der Waals surface area contributed by atoms with E-state index in [0.717, 1.165) is 5.82 Å². The van der Waals surface area contributed by atoms with Gasteiger partial charge < -0.3 is 9.88 Å². The molecule has 0 radical (unpaired) electrons. The van der Waals surface area contributed by atoms with Crippen LogP contribution in [0.2, 0.25) is 0 Å². The molecule has 0 aliphatic heterocycles. The number of nitrogens with two attached hydrogens (primary N) is 1. The van der Waals surface area contributed by atoms with Gasteiger partial charge in [-0.25, -0.2) is 10.8 Å². The molecule has 3 aromatic rings. The third kappa shape index (κ3) is 2.74. The molecule has 0 saturated heterocycles. The second kappa shape index (κ2) is 5.46. The van der Waals surface area contributed by atoms with Crippen LogP contribution in [0.25, 0.3) is 5.95 Å². The first-order valence-corrected chi connectivity index (χ1v) is 5.90. The minimum absolute atomic E-state index is 0.205. The Labute approximate surface area is 118 Å². The molecule has 0 amide bonds. The Kier molecular flexibility index (Phi) is 3.34. The van der Waals surface area contributed by atoms with Gasteiger partial charge in [0.05, 0.1) is 6.54 Å². The molecule has 0 aromatic carbocycles. The first-order chi connectivity index (χ1) is 10.3. The molecule has 108 valence electrons. The first-order valence-electron chi connectivity index (χ1n) is 5.90. The molecule has 0 unspecified atom stereocenters. The molecule has 21 heavy (non-hydrogen) atoms. The van der Waals surface area contributed by atoms with Crippen molar-refractivity contribution in [2.45, 2.75) is 6.54 Å². The third-order valence-electron chi connectivity index (χ3n) is 2.59. The Bertz CT molecular complexity index is 716. The monoisotopic (exact) mass is 288 g/mol. The van der Waals surface area contributed by atoms with Crippen LogP contribution in [-0.4, -0.2) is 44.5 Å². The standard InChI is InChI=1S/C9H12N12/c1-20-5-13-19-6(20)2-12-7-15-8(18-10)17-9(16-7)21-4-11-3-14-21/h3-5H,2,10H2,1H3,(H2,12,15,16,17,18). The molecule has 0 atom stereocenters. The van der Waals surface area contributed by atoms with Gasteiger partial charge in [-0.2, -0.15) is 24.7 Å². The fourth-order valence-electron chi connectivity index (χ4n) is 1.55. The van der Waals surface area contributed by atoms with Gasteiger partial charge in [0, 0.05) is 7.05 Å². The van der Waals surface area contributed by atoms with Gasteiger partial charge in [0.2, 0.25) is 11.9 Å². The summed E-state index contributed by atoms with van der Waals surface area (Å²) in [5.41, 5.74) is 2.38. The smallest absolute Gasteiger partial charge is 0.258 e. The Morgan fingerprint density at radius 1 is 1.19 bits per heavy atom. The van der Waals surface area contributed by atoms with Gasteiger partial charge >= 0.3 is 0 Å². The van der Waals surface area contributed by atoms with Gasteiger partial charge in [-0.05, 0) is 0 Å². The van der Waals surface area contributed by atoms with E-state index in [1.165, 1.54) is 17.3 Å². The molecule has 0 aliphatic rings. The van der Waals surface area contributed by atoms with Crippen LogP contribution >= 0.6 is 0 Å². The maximum Gasteiger partial charge on any atom is 0.258 e. The molecule has 0 saturated carbocycles. The van der Waals surface area contributed by atoms with Crippen LogP contribution in [-0.2, 0) is 13.6 Å². The van der Waals surface area contributed by atoms with Gasteiger partial charge in [0.25, 0.3) is 5.95 Å². The summed E-state index contributed by atoms with van der Waals surface area (Å²) in [5.74, 6) is 6.91. The zero-order valence-corrected chi connectivity index (χ0v) is 11.0.